The Bertz CT molecular complexity index is 513. The minimum atomic E-state index is -0.537. The molecule has 0 fully saturated rings. The fourth-order valence-corrected chi connectivity index (χ4v) is 1.93. The first-order valence-electron chi connectivity index (χ1n) is 7.08. The lowest BCUT2D eigenvalue weighted by Gasteiger charge is -2.13. The van der Waals surface area contributed by atoms with Crippen LogP contribution in [0, 0.1) is 0 Å². The number of aliphatic hydroxyl groups is 1. The van der Waals surface area contributed by atoms with Gasteiger partial charge in [0.2, 0.25) is 0 Å². The van der Waals surface area contributed by atoms with Crippen LogP contribution in [0.4, 0.5) is 0 Å². The van der Waals surface area contributed by atoms with Gasteiger partial charge in [-0.3, -0.25) is 0 Å². The van der Waals surface area contributed by atoms with Crippen molar-refractivity contribution in [1.82, 2.24) is 5.32 Å². The topological polar surface area (TPSA) is 61.7 Å². The Morgan fingerprint density at radius 1 is 1.00 bits per heavy atom. The number of nitrogens with one attached hydrogen (secondary N) is 1. The Morgan fingerprint density at radius 3 is 2.43 bits per heavy atom. The van der Waals surface area contributed by atoms with E-state index < -0.39 is 6.10 Å². The minimum Gasteiger partial charge on any atom is -0.508 e. The first-order chi connectivity index (χ1) is 10.2. The van der Waals surface area contributed by atoms with Crippen LogP contribution in [0.1, 0.15) is 5.56 Å². The maximum atomic E-state index is 9.82. The van der Waals surface area contributed by atoms with Gasteiger partial charge in [0.25, 0.3) is 0 Å². The summed E-state index contributed by atoms with van der Waals surface area (Å²) in [5, 5.41) is 22.2. The molecule has 0 saturated carbocycles. The highest BCUT2D eigenvalue weighted by Gasteiger charge is 2.04. The molecule has 0 spiro atoms. The van der Waals surface area contributed by atoms with Crippen LogP contribution in [-0.4, -0.2) is 36.0 Å². The summed E-state index contributed by atoms with van der Waals surface area (Å²) in [6, 6.07) is 16.6. The number of benzene rings is 2. The molecule has 2 rings (SSSR count). The number of hydrogen-bond acceptors (Lipinski definition) is 4. The number of hydrogen-bond donors (Lipinski definition) is 3. The molecule has 0 aliphatic carbocycles. The molecule has 0 bridgehead atoms. The van der Waals surface area contributed by atoms with Gasteiger partial charge in [0.15, 0.2) is 0 Å². The van der Waals surface area contributed by atoms with Gasteiger partial charge >= 0.3 is 0 Å². The van der Waals surface area contributed by atoms with Gasteiger partial charge in [-0.05, 0) is 42.8 Å². The molecule has 4 nitrogen and oxygen atoms in total. The predicted octanol–water partition coefficient (Wildman–Crippen LogP) is 1.96. The molecule has 0 aromatic heterocycles. The number of aromatic hydroxyl groups is 1. The highest BCUT2D eigenvalue weighted by atomic mass is 16.5. The van der Waals surface area contributed by atoms with Crippen molar-refractivity contribution in [2.24, 2.45) is 0 Å². The summed E-state index contributed by atoms with van der Waals surface area (Å²) in [6.45, 7) is 1.54. The average Bonchev–Trinajstić information content (AvgIpc) is 2.52. The number of rotatable bonds is 8. The molecular formula is C17H21NO3. The van der Waals surface area contributed by atoms with Crippen molar-refractivity contribution in [3.05, 3.63) is 60.2 Å². The molecule has 0 amide bonds. The third-order valence-corrected chi connectivity index (χ3v) is 3.09. The van der Waals surface area contributed by atoms with Gasteiger partial charge in [-0.15, -0.1) is 0 Å². The minimum absolute atomic E-state index is 0.274. The molecule has 0 saturated heterocycles. The van der Waals surface area contributed by atoms with Crippen LogP contribution >= 0.6 is 0 Å². The Morgan fingerprint density at radius 2 is 1.71 bits per heavy atom. The summed E-state index contributed by atoms with van der Waals surface area (Å²) in [4.78, 5) is 0. The molecule has 112 valence electrons. The van der Waals surface area contributed by atoms with Gasteiger partial charge in [0, 0.05) is 6.54 Å². The lowest BCUT2D eigenvalue weighted by atomic mass is 10.1. The molecule has 2 aromatic rings. The summed E-state index contributed by atoms with van der Waals surface area (Å²) in [5.41, 5.74) is 1.15. The van der Waals surface area contributed by atoms with E-state index in [0.717, 1.165) is 24.3 Å². The zero-order valence-corrected chi connectivity index (χ0v) is 11.9. The Kier molecular flexibility index (Phi) is 6.06. The lowest BCUT2D eigenvalue weighted by Crippen LogP contribution is -2.32. The highest BCUT2D eigenvalue weighted by Crippen LogP contribution is 2.10. The van der Waals surface area contributed by atoms with E-state index in [-0.39, 0.29) is 12.4 Å². The van der Waals surface area contributed by atoms with Gasteiger partial charge < -0.3 is 20.3 Å². The van der Waals surface area contributed by atoms with E-state index in [1.54, 1.807) is 12.1 Å². The molecule has 0 aliphatic heterocycles. The van der Waals surface area contributed by atoms with E-state index in [9.17, 15) is 10.2 Å². The van der Waals surface area contributed by atoms with E-state index >= 15 is 0 Å². The van der Waals surface area contributed by atoms with E-state index in [1.807, 2.05) is 42.5 Å². The molecule has 2 aromatic carbocycles. The van der Waals surface area contributed by atoms with Crippen LogP contribution in [-0.2, 0) is 6.42 Å². The third-order valence-electron chi connectivity index (χ3n) is 3.09. The van der Waals surface area contributed by atoms with Crippen molar-refractivity contribution in [2.75, 3.05) is 19.7 Å². The maximum Gasteiger partial charge on any atom is 0.119 e. The maximum absolute atomic E-state index is 9.82. The van der Waals surface area contributed by atoms with Crippen LogP contribution < -0.4 is 10.1 Å². The second-order valence-corrected chi connectivity index (χ2v) is 4.90. The number of phenols is 1. The molecule has 21 heavy (non-hydrogen) atoms. The zero-order valence-electron chi connectivity index (χ0n) is 11.9. The largest absolute Gasteiger partial charge is 0.508 e. The molecule has 0 aliphatic rings. The Labute approximate surface area is 125 Å². The smallest absolute Gasteiger partial charge is 0.119 e. The fourth-order valence-electron chi connectivity index (χ4n) is 1.93. The van der Waals surface area contributed by atoms with Gasteiger partial charge in [0.05, 0.1) is 0 Å². The Hall–Kier alpha value is -2.04. The van der Waals surface area contributed by atoms with Crippen LogP contribution in [0.2, 0.25) is 0 Å². The van der Waals surface area contributed by atoms with Gasteiger partial charge in [-0.2, -0.15) is 0 Å². The second kappa shape index (κ2) is 8.29. The lowest BCUT2D eigenvalue weighted by molar-refractivity contribution is 0.106. The van der Waals surface area contributed by atoms with Gasteiger partial charge in [-0.1, -0.05) is 30.3 Å². The van der Waals surface area contributed by atoms with Crippen LogP contribution in [0.3, 0.4) is 0 Å². The fraction of sp³-hybridized carbons (Fsp3) is 0.294. The molecule has 1 atom stereocenters. The van der Waals surface area contributed by atoms with Crippen molar-refractivity contribution >= 4 is 0 Å². The van der Waals surface area contributed by atoms with Crippen molar-refractivity contribution in [1.29, 1.82) is 0 Å². The number of aliphatic hydroxyl groups excluding tert-OH is 1. The van der Waals surface area contributed by atoms with E-state index in [1.165, 1.54) is 0 Å². The standard InChI is InChI=1S/C17H21NO3/c19-15-8-6-14(7-9-15)10-11-18-12-16(20)13-21-17-4-2-1-3-5-17/h1-9,16,18-20H,10-13H2. The molecule has 1 unspecified atom stereocenters. The zero-order chi connectivity index (χ0) is 14.9. The van der Waals surface area contributed by atoms with Crippen molar-refractivity contribution in [3.8, 4) is 11.5 Å². The van der Waals surface area contributed by atoms with Crippen LogP contribution in [0.15, 0.2) is 54.6 Å². The predicted molar refractivity (Wildman–Crippen MR) is 82.6 cm³/mol. The first-order valence-corrected chi connectivity index (χ1v) is 7.08. The summed E-state index contributed by atoms with van der Waals surface area (Å²) in [6.07, 6.45) is 0.317. The SMILES string of the molecule is Oc1ccc(CCNCC(O)COc2ccccc2)cc1. The normalized spacial score (nSPS) is 12.0. The molecule has 0 heterocycles. The second-order valence-electron chi connectivity index (χ2n) is 4.90. The van der Waals surface area contributed by atoms with Crippen LogP contribution in [0.5, 0.6) is 11.5 Å². The Balaban J connectivity index is 1.59. The quantitative estimate of drug-likeness (QED) is 0.650. The number of para-hydroxylation sites is 1. The highest BCUT2D eigenvalue weighted by molar-refractivity contribution is 5.26. The van der Waals surface area contributed by atoms with Crippen molar-refractivity contribution < 1.29 is 14.9 Å². The molecule has 4 heteroatoms. The summed E-state index contributed by atoms with van der Waals surface area (Å²) in [7, 11) is 0. The number of phenolic OH excluding ortho intramolecular Hbond substituents is 1. The van der Waals surface area contributed by atoms with E-state index in [0.29, 0.717) is 6.54 Å². The first kappa shape index (κ1) is 15.4. The van der Waals surface area contributed by atoms with E-state index in [2.05, 4.69) is 5.32 Å². The molecule has 0 radical (unpaired) electrons. The number of ether oxygens (including phenoxy) is 1. The summed E-state index contributed by atoms with van der Waals surface area (Å²) in [5.74, 6) is 1.04. The summed E-state index contributed by atoms with van der Waals surface area (Å²) >= 11 is 0. The average molecular weight is 287 g/mol. The van der Waals surface area contributed by atoms with Crippen molar-refractivity contribution in [2.45, 2.75) is 12.5 Å². The monoisotopic (exact) mass is 287 g/mol. The summed E-state index contributed by atoms with van der Waals surface area (Å²) < 4.78 is 5.48. The molecule has 3 N–H and O–H groups in total. The van der Waals surface area contributed by atoms with E-state index in [4.69, 9.17) is 4.74 Å². The third kappa shape index (κ3) is 5.85. The van der Waals surface area contributed by atoms with Gasteiger partial charge in [0.1, 0.15) is 24.2 Å². The van der Waals surface area contributed by atoms with Crippen molar-refractivity contribution in [3.63, 3.8) is 0 Å². The molecular weight excluding hydrogens is 266 g/mol. The van der Waals surface area contributed by atoms with Gasteiger partial charge in [-0.25, -0.2) is 0 Å². The van der Waals surface area contributed by atoms with Crippen LogP contribution in [0.25, 0.3) is 0 Å².